The molecule has 0 aromatic heterocycles. The Labute approximate surface area is 103 Å². The summed E-state index contributed by atoms with van der Waals surface area (Å²) >= 11 is 0. The van der Waals surface area contributed by atoms with Crippen molar-refractivity contribution in [2.45, 2.75) is 6.42 Å². The molecule has 3 N–H and O–H groups in total. The predicted molar refractivity (Wildman–Crippen MR) is 66.1 cm³/mol. The molecule has 5 heteroatoms. The van der Waals surface area contributed by atoms with Crippen molar-refractivity contribution in [1.82, 2.24) is 0 Å². The van der Waals surface area contributed by atoms with Crippen LogP contribution in [-0.4, -0.2) is 15.3 Å². The average molecular weight is 245 g/mol. The molecule has 5 nitrogen and oxygen atoms in total. The minimum atomic E-state index is -0.210. The van der Waals surface area contributed by atoms with Gasteiger partial charge in [0.15, 0.2) is 11.5 Å². The van der Waals surface area contributed by atoms with Crippen molar-refractivity contribution in [2.24, 2.45) is 5.18 Å². The van der Waals surface area contributed by atoms with Crippen molar-refractivity contribution in [2.75, 3.05) is 0 Å². The number of aromatic hydroxyl groups is 3. The van der Waals surface area contributed by atoms with Crippen molar-refractivity contribution in [1.29, 1.82) is 0 Å². The minimum absolute atomic E-state index is 0.0281. The Kier molecular flexibility index (Phi) is 3.14. The number of hydrogen-bond donors (Lipinski definition) is 3. The SMILES string of the molecule is O=Nc1ccc(Cc2ccc(O)c(O)c2)c(O)c1. The lowest BCUT2D eigenvalue weighted by molar-refractivity contribution is 0.403. The zero-order chi connectivity index (χ0) is 13.1. The summed E-state index contributed by atoms with van der Waals surface area (Å²) in [5.41, 5.74) is 1.49. The summed E-state index contributed by atoms with van der Waals surface area (Å²) < 4.78 is 0. The van der Waals surface area contributed by atoms with E-state index in [0.29, 0.717) is 12.0 Å². The average Bonchev–Trinajstić information content (AvgIpc) is 2.36. The number of hydrogen-bond acceptors (Lipinski definition) is 5. The first-order valence-corrected chi connectivity index (χ1v) is 5.26. The molecule has 0 amide bonds. The van der Waals surface area contributed by atoms with Crippen molar-refractivity contribution in [3.63, 3.8) is 0 Å². The van der Waals surface area contributed by atoms with Crippen LogP contribution in [0.2, 0.25) is 0 Å². The van der Waals surface area contributed by atoms with Gasteiger partial charge in [0.1, 0.15) is 11.4 Å². The maximum absolute atomic E-state index is 10.3. The molecule has 0 heterocycles. The van der Waals surface area contributed by atoms with Crippen LogP contribution in [0.1, 0.15) is 11.1 Å². The van der Waals surface area contributed by atoms with Gasteiger partial charge >= 0.3 is 0 Å². The lowest BCUT2D eigenvalue weighted by Crippen LogP contribution is -1.88. The van der Waals surface area contributed by atoms with Gasteiger partial charge in [-0.25, -0.2) is 0 Å². The molecule has 0 unspecified atom stereocenters. The van der Waals surface area contributed by atoms with E-state index in [2.05, 4.69) is 5.18 Å². The van der Waals surface area contributed by atoms with Crippen LogP contribution in [0.15, 0.2) is 41.6 Å². The molecule has 2 rings (SSSR count). The second-order valence-electron chi connectivity index (χ2n) is 3.90. The van der Waals surface area contributed by atoms with E-state index in [4.69, 9.17) is 0 Å². The van der Waals surface area contributed by atoms with E-state index < -0.39 is 0 Å². The molecule has 0 spiro atoms. The Balaban J connectivity index is 2.28. The quantitative estimate of drug-likeness (QED) is 0.572. The first-order chi connectivity index (χ1) is 8.60. The molecule has 0 aliphatic rings. The first kappa shape index (κ1) is 11.9. The van der Waals surface area contributed by atoms with Gasteiger partial charge in [-0.3, -0.25) is 0 Å². The molecule has 92 valence electrons. The number of benzene rings is 2. The zero-order valence-electron chi connectivity index (χ0n) is 9.37. The summed E-state index contributed by atoms with van der Waals surface area (Å²) in [5.74, 6) is -0.429. The summed E-state index contributed by atoms with van der Waals surface area (Å²) in [6.45, 7) is 0. The molecule has 0 aliphatic carbocycles. The Morgan fingerprint density at radius 2 is 1.67 bits per heavy atom. The van der Waals surface area contributed by atoms with Crippen LogP contribution in [0.25, 0.3) is 0 Å². The van der Waals surface area contributed by atoms with Crippen LogP contribution in [-0.2, 0) is 6.42 Å². The third-order valence-corrected chi connectivity index (χ3v) is 2.61. The Morgan fingerprint density at radius 3 is 2.28 bits per heavy atom. The lowest BCUT2D eigenvalue weighted by atomic mass is 10.0. The van der Waals surface area contributed by atoms with Gasteiger partial charge in [-0.05, 0) is 34.5 Å². The molecular weight excluding hydrogens is 234 g/mol. The molecule has 0 saturated heterocycles. The highest BCUT2D eigenvalue weighted by atomic mass is 16.3. The van der Waals surface area contributed by atoms with Gasteiger partial charge in [0.25, 0.3) is 0 Å². The van der Waals surface area contributed by atoms with E-state index in [-0.39, 0.29) is 22.9 Å². The van der Waals surface area contributed by atoms with Crippen LogP contribution in [0.3, 0.4) is 0 Å². The van der Waals surface area contributed by atoms with Crippen LogP contribution in [0, 0.1) is 4.91 Å². The molecule has 0 fully saturated rings. The van der Waals surface area contributed by atoms with E-state index in [0.717, 1.165) is 5.56 Å². The third-order valence-electron chi connectivity index (χ3n) is 2.61. The topological polar surface area (TPSA) is 90.1 Å². The van der Waals surface area contributed by atoms with Crippen LogP contribution >= 0.6 is 0 Å². The maximum Gasteiger partial charge on any atom is 0.157 e. The zero-order valence-corrected chi connectivity index (χ0v) is 9.37. The number of phenols is 3. The number of rotatable bonds is 3. The number of nitrogens with zero attached hydrogens (tertiary/aromatic N) is 1. The van der Waals surface area contributed by atoms with Crippen LogP contribution < -0.4 is 0 Å². The van der Waals surface area contributed by atoms with Crippen molar-refractivity contribution in [3.8, 4) is 17.2 Å². The normalized spacial score (nSPS) is 10.2. The molecule has 2 aromatic rings. The second-order valence-corrected chi connectivity index (χ2v) is 3.90. The summed E-state index contributed by atoms with van der Waals surface area (Å²) in [6.07, 6.45) is 0.374. The number of nitroso groups, excluding NO2 is 1. The molecule has 0 radical (unpaired) electrons. The van der Waals surface area contributed by atoms with Gasteiger partial charge in [0.05, 0.1) is 0 Å². The predicted octanol–water partition coefficient (Wildman–Crippen LogP) is 2.79. The van der Waals surface area contributed by atoms with E-state index in [9.17, 15) is 20.2 Å². The fourth-order valence-electron chi connectivity index (χ4n) is 1.66. The maximum atomic E-state index is 10.3. The van der Waals surface area contributed by atoms with Crippen LogP contribution in [0.5, 0.6) is 17.2 Å². The molecular formula is C13H11NO4. The largest absolute Gasteiger partial charge is 0.508 e. The molecule has 0 atom stereocenters. The highest BCUT2D eigenvalue weighted by Gasteiger charge is 2.06. The second kappa shape index (κ2) is 4.75. The van der Waals surface area contributed by atoms with Gasteiger partial charge in [0, 0.05) is 12.5 Å². The van der Waals surface area contributed by atoms with E-state index in [1.807, 2.05) is 0 Å². The summed E-state index contributed by atoms with van der Waals surface area (Å²) in [6, 6.07) is 8.81. The van der Waals surface area contributed by atoms with E-state index in [1.54, 1.807) is 12.1 Å². The Bertz CT molecular complexity index is 596. The van der Waals surface area contributed by atoms with Gasteiger partial charge in [-0.2, -0.15) is 0 Å². The number of phenolic OH excluding ortho intramolecular Hbond substituents is 3. The lowest BCUT2D eigenvalue weighted by Gasteiger charge is -2.06. The van der Waals surface area contributed by atoms with Gasteiger partial charge in [-0.15, -0.1) is 4.91 Å². The summed E-state index contributed by atoms with van der Waals surface area (Å²) in [5, 5.41) is 31.0. The highest BCUT2D eigenvalue weighted by Crippen LogP contribution is 2.29. The fraction of sp³-hybridized carbons (Fsp3) is 0.0769. The summed E-state index contributed by atoms with van der Waals surface area (Å²) in [4.78, 5) is 10.3. The first-order valence-electron chi connectivity index (χ1n) is 5.26. The molecule has 0 bridgehead atoms. The van der Waals surface area contributed by atoms with Crippen molar-refractivity contribution < 1.29 is 15.3 Å². The smallest absolute Gasteiger partial charge is 0.157 e. The van der Waals surface area contributed by atoms with Gasteiger partial charge in [0.2, 0.25) is 0 Å². The molecule has 0 saturated carbocycles. The highest BCUT2D eigenvalue weighted by molar-refractivity contribution is 5.49. The molecule has 0 aliphatic heterocycles. The Morgan fingerprint density at radius 1 is 0.889 bits per heavy atom. The fourth-order valence-corrected chi connectivity index (χ4v) is 1.66. The minimum Gasteiger partial charge on any atom is -0.508 e. The standard InChI is InChI=1S/C13H11NO4/c15-11-4-1-8(6-13(11)17)5-9-2-3-10(14-18)7-12(9)16/h1-4,6-7,15-17H,5H2. The molecule has 2 aromatic carbocycles. The monoisotopic (exact) mass is 245 g/mol. The van der Waals surface area contributed by atoms with Crippen LogP contribution in [0.4, 0.5) is 5.69 Å². The van der Waals surface area contributed by atoms with E-state index >= 15 is 0 Å². The van der Waals surface area contributed by atoms with Crippen molar-refractivity contribution in [3.05, 3.63) is 52.4 Å². The van der Waals surface area contributed by atoms with Gasteiger partial charge < -0.3 is 15.3 Å². The van der Waals surface area contributed by atoms with Crippen molar-refractivity contribution >= 4 is 5.69 Å². The van der Waals surface area contributed by atoms with Gasteiger partial charge in [-0.1, -0.05) is 12.1 Å². The summed E-state index contributed by atoms with van der Waals surface area (Å²) in [7, 11) is 0. The third kappa shape index (κ3) is 2.40. The van der Waals surface area contributed by atoms with E-state index in [1.165, 1.54) is 24.3 Å². The Hall–Kier alpha value is -2.56. The molecule has 18 heavy (non-hydrogen) atoms.